The minimum absolute atomic E-state index is 0.119. The number of aliphatic hydroxyl groups excluding tert-OH is 1. The van der Waals surface area contributed by atoms with Crippen LogP contribution in [0.4, 0.5) is 0 Å². The second-order valence-electron chi connectivity index (χ2n) is 3.38. The predicted molar refractivity (Wildman–Crippen MR) is 53.0 cm³/mol. The van der Waals surface area contributed by atoms with Gasteiger partial charge >= 0.3 is 0 Å². The van der Waals surface area contributed by atoms with Crippen LogP contribution >= 0.6 is 0 Å². The van der Waals surface area contributed by atoms with E-state index in [1.54, 1.807) is 13.8 Å². The third-order valence-electron chi connectivity index (χ3n) is 1.76. The highest BCUT2D eigenvalue weighted by Crippen LogP contribution is 1.98. The van der Waals surface area contributed by atoms with E-state index in [1.807, 2.05) is 6.92 Å². The van der Waals surface area contributed by atoms with Gasteiger partial charge in [-0.1, -0.05) is 13.3 Å². The number of hydrogen-bond donors (Lipinski definition) is 2. The summed E-state index contributed by atoms with van der Waals surface area (Å²) < 4.78 is 24.8. The first-order valence-electron chi connectivity index (χ1n) is 4.56. The van der Waals surface area contributed by atoms with Crippen molar-refractivity contribution < 1.29 is 13.5 Å². The van der Waals surface area contributed by atoms with Crippen LogP contribution in [0, 0.1) is 0 Å². The lowest BCUT2D eigenvalue weighted by Gasteiger charge is -2.12. The first-order chi connectivity index (χ1) is 5.90. The summed E-state index contributed by atoms with van der Waals surface area (Å²) in [6.45, 7) is 5.28. The molecule has 4 nitrogen and oxygen atoms in total. The maximum atomic E-state index is 11.2. The normalized spacial score (nSPS) is 14.8. The van der Waals surface area contributed by atoms with Gasteiger partial charge in [-0.05, 0) is 20.3 Å². The molecule has 0 aromatic carbocycles. The Bertz CT molecular complexity index is 224. The van der Waals surface area contributed by atoms with Crippen LogP contribution in [0.1, 0.15) is 33.6 Å². The zero-order chi connectivity index (χ0) is 10.5. The fourth-order valence-electron chi connectivity index (χ4n) is 0.814. The average Bonchev–Trinajstić information content (AvgIpc) is 2.01. The van der Waals surface area contributed by atoms with Crippen LogP contribution in [0.2, 0.25) is 0 Å². The molecular weight excluding hydrogens is 190 g/mol. The summed E-state index contributed by atoms with van der Waals surface area (Å²) in [5, 5.41) is 8.82. The molecular formula is C8H19NO3S. The fourth-order valence-corrected chi connectivity index (χ4v) is 1.57. The quantitative estimate of drug-likeness (QED) is 0.668. The van der Waals surface area contributed by atoms with Gasteiger partial charge in [0.1, 0.15) is 0 Å². The highest BCUT2D eigenvalue weighted by Gasteiger charge is 2.16. The predicted octanol–water partition coefficient (Wildman–Crippen LogP) is 0.475. The molecule has 1 atom stereocenters. The van der Waals surface area contributed by atoms with E-state index in [2.05, 4.69) is 4.72 Å². The number of rotatable bonds is 6. The summed E-state index contributed by atoms with van der Waals surface area (Å²) in [4.78, 5) is 0. The van der Waals surface area contributed by atoms with E-state index >= 15 is 0 Å². The summed E-state index contributed by atoms with van der Waals surface area (Å²) in [7, 11) is -3.22. The molecule has 0 saturated carbocycles. The van der Waals surface area contributed by atoms with Crippen molar-refractivity contribution >= 4 is 10.0 Å². The molecule has 0 saturated heterocycles. The smallest absolute Gasteiger partial charge is 0.214 e. The molecule has 0 amide bonds. The Morgan fingerprint density at radius 2 is 1.92 bits per heavy atom. The third kappa shape index (κ3) is 5.23. The van der Waals surface area contributed by atoms with Crippen molar-refractivity contribution in [2.75, 3.05) is 6.54 Å². The first kappa shape index (κ1) is 12.9. The molecule has 0 aliphatic heterocycles. The number of sulfonamides is 1. The van der Waals surface area contributed by atoms with E-state index in [-0.39, 0.29) is 6.54 Å². The molecule has 1 unspecified atom stereocenters. The largest absolute Gasteiger partial charge is 0.392 e. The number of hydrogen-bond acceptors (Lipinski definition) is 3. The van der Waals surface area contributed by atoms with Crippen LogP contribution in [-0.2, 0) is 10.0 Å². The van der Waals surface area contributed by atoms with Crippen molar-refractivity contribution in [3.63, 3.8) is 0 Å². The van der Waals surface area contributed by atoms with Gasteiger partial charge in [-0.25, -0.2) is 13.1 Å². The van der Waals surface area contributed by atoms with Crippen LogP contribution in [0.3, 0.4) is 0 Å². The maximum Gasteiger partial charge on any atom is 0.214 e. The molecule has 0 rings (SSSR count). The van der Waals surface area contributed by atoms with Crippen molar-refractivity contribution in [2.45, 2.75) is 45.0 Å². The summed E-state index contributed by atoms with van der Waals surface area (Å²) in [5.41, 5.74) is 0. The lowest BCUT2D eigenvalue weighted by Crippen LogP contribution is -2.36. The van der Waals surface area contributed by atoms with E-state index in [0.29, 0.717) is 6.42 Å². The third-order valence-corrected chi connectivity index (χ3v) is 3.57. The lowest BCUT2D eigenvalue weighted by molar-refractivity contribution is 0.167. The standard InChI is InChI=1S/C8H19NO3S/c1-4-5-8(10)6-9-13(11,12)7(2)3/h7-10H,4-6H2,1-3H3. The van der Waals surface area contributed by atoms with Crippen LogP contribution in [-0.4, -0.2) is 31.4 Å². The van der Waals surface area contributed by atoms with E-state index in [9.17, 15) is 13.5 Å². The zero-order valence-corrected chi connectivity index (χ0v) is 9.26. The molecule has 0 aromatic heterocycles. The molecule has 0 radical (unpaired) electrons. The zero-order valence-electron chi connectivity index (χ0n) is 8.45. The molecule has 2 N–H and O–H groups in total. The topological polar surface area (TPSA) is 66.4 Å². The van der Waals surface area contributed by atoms with Crippen LogP contribution in [0.15, 0.2) is 0 Å². The minimum atomic E-state index is -3.22. The van der Waals surface area contributed by atoms with E-state index < -0.39 is 21.4 Å². The lowest BCUT2D eigenvalue weighted by atomic mass is 10.2. The van der Waals surface area contributed by atoms with Crippen LogP contribution in [0.25, 0.3) is 0 Å². The van der Waals surface area contributed by atoms with Crippen molar-refractivity contribution in [3.05, 3.63) is 0 Å². The molecule has 0 fully saturated rings. The van der Waals surface area contributed by atoms with Gasteiger partial charge in [-0.15, -0.1) is 0 Å². The Hall–Kier alpha value is -0.130. The van der Waals surface area contributed by atoms with Gasteiger partial charge in [-0.2, -0.15) is 0 Å². The van der Waals surface area contributed by atoms with Crippen LogP contribution in [0.5, 0.6) is 0 Å². The molecule has 0 aliphatic rings. The summed E-state index contributed by atoms with van der Waals surface area (Å²) >= 11 is 0. The molecule has 80 valence electrons. The van der Waals surface area contributed by atoms with Gasteiger partial charge in [0.05, 0.1) is 11.4 Å². The van der Waals surface area contributed by atoms with Gasteiger partial charge in [0, 0.05) is 6.54 Å². The van der Waals surface area contributed by atoms with Crippen molar-refractivity contribution in [1.29, 1.82) is 0 Å². The van der Waals surface area contributed by atoms with E-state index in [0.717, 1.165) is 6.42 Å². The molecule has 13 heavy (non-hydrogen) atoms. The van der Waals surface area contributed by atoms with E-state index in [1.165, 1.54) is 0 Å². The Labute approximate surface area is 80.4 Å². The van der Waals surface area contributed by atoms with Gasteiger partial charge in [0.2, 0.25) is 10.0 Å². The Morgan fingerprint density at radius 3 is 2.31 bits per heavy atom. The van der Waals surface area contributed by atoms with Gasteiger partial charge in [0.15, 0.2) is 0 Å². The summed E-state index contributed by atoms with van der Waals surface area (Å²) in [5.74, 6) is 0. The van der Waals surface area contributed by atoms with Crippen molar-refractivity contribution in [2.24, 2.45) is 0 Å². The van der Waals surface area contributed by atoms with Crippen LogP contribution < -0.4 is 4.72 Å². The highest BCUT2D eigenvalue weighted by molar-refractivity contribution is 7.90. The molecule has 0 bridgehead atoms. The SMILES string of the molecule is CCCC(O)CNS(=O)(=O)C(C)C. The Kier molecular flexibility index (Phi) is 5.51. The van der Waals surface area contributed by atoms with Gasteiger partial charge in [-0.3, -0.25) is 0 Å². The molecule has 0 aliphatic carbocycles. The fraction of sp³-hybridized carbons (Fsp3) is 1.00. The molecule has 5 heteroatoms. The second kappa shape index (κ2) is 5.57. The Morgan fingerprint density at radius 1 is 1.38 bits per heavy atom. The monoisotopic (exact) mass is 209 g/mol. The van der Waals surface area contributed by atoms with Crippen molar-refractivity contribution in [1.82, 2.24) is 4.72 Å². The highest BCUT2D eigenvalue weighted by atomic mass is 32.2. The van der Waals surface area contributed by atoms with Gasteiger partial charge in [0.25, 0.3) is 0 Å². The first-order valence-corrected chi connectivity index (χ1v) is 6.11. The number of aliphatic hydroxyl groups is 1. The van der Waals surface area contributed by atoms with E-state index in [4.69, 9.17) is 0 Å². The maximum absolute atomic E-state index is 11.2. The minimum Gasteiger partial charge on any atom is -0.392 e. The van der Waals surface area contributed by atoms with Crippen molar-refractivity contribution in [3.8, 4) is 0 Å². The Balaban J connectivity index is 3.89. The average molecular weight is 209 g/mol. The second-order valence-corrected chi connectivity index (χ2v) is 5.71. The summed E-state index contributed by atoms with van der Waals surface area (Å²) in [6, 6.07) is 0. The molecule has 0 aromatic rings. The van der Waals surface area contributed by atoms with Gasteiger partial charge < -0.3 is 5.11 Å². The molecule has 0 spiro atoms. The number of nitrogens with one attached hydrogen (secondary N) is 1. The molecule has 0 heterocycles. The summed E-state index contributed by atoms with van der Waals surface area (Å²) in [6.07, 6.45) is 0.907.